The molecular formula is C28H34Br2F3N5O5. The molecular weight excluding hydrogens is 703 g/mol. The summed E-state index contributed by atoms with van der Waals surface area (Å²) in [4.78, 5) is 37.2. The van der Waals surface area contributed by atoms with E-state index in [9.17, 15) is 22.8 Å². The van der Waals surface area contributed by atoms with Crippen molar-refractivity contribution in [2.24, 2.45) is 11.3 Å². The van der Waals surface area contributed by atoms with Gasteiger partial charge in [0.05, 0.1) is 13.2 Å². The Morgan fingerprint density at radius 1 is 1.14 bits per heavy atom. The van der Waals surface area contributed by atoms with Gasteiger partial charge in [0.2, 0.25) is 17.9 Å². The maximum atomic E-state index is 14.1. The highest BCUT2D eigenvalue weighted by Gasteiger charge is 2.51. The van der Waals surface area contributed by atoms with Crippen LogP contribution in [0.3, 0.4) is 0 Å². The second-order valence-electron chi connectivity index (χ2n) is 11.2. The van der Waals surface area contributed by atoms with Gasteiger partial charge in [-0.15, -0.1) is 0 Å². The molecule has 15 heteroatoms. The Balaban J connectivity index is 1.51. The third-order valence-electron chi connectivity index (χ3n) is 7.47. The second kappa shape index (κ2) is 13.4. The number of nitrogens with two attached hydrogens (primary N) is 1. The summed E-state index contributed by atoms with van der Waals surface area (Å²) in [7, 11) is 0. The molecule has 2 atom stereocenters. The molecule has 0 saturated carbocycles. The van der Waals surface area contributed by atoms with Crippen LogP contribution >= 0.6 is 31.9 Å². The number of aromatic nitrogens is 2. The zero-order chi connectivity index (χ0) is 31.5. The van der Waals surface area contributed by atoms with E-state index in [0.717, 1.165) is 0 Å². The lowest BCUT2D eigenvalue weighted by molar-refractivity contribution is -0.198. The number of hydrogen-bond donors (Lipinski definition) is 1. The monoisotopic (exact) mass is 735 g/mol. The highest BCUT2D eigenvalue weighted by atomic mass is 79.9. The van der Waals surface area contributed by atoms with E-state index in [1.165, 1.54) is 23.1 Å². The number of rotatable bonds is 8. The van der Waals surface area contributed by atoms with E-state index in [-0.39, 0.29) is 46.4 Å². The quantitative estimate of drug-likeness (QED) is 0.312. The molecule has 1 amide bonds. The van der Waals surface area contributed by atoms with Gasteiger partial charge in [0.1, 0.15) is 11.9 Å². The van der Waals surface area contributed by atoms with Crippen LogP contribution in [0.15, 0.2) is 33.2 Å². The first-order chi connectivity index (χ1) is 20.2. The van der Waals surface area contributed by atoms with Crippen molar-refractivity contribution in [3.63, 3.8) is 0 Å². The molecule has 2 aliphatic heterocycles. The Morgan fingerprint density at radius 2 is 1.84 bits per heavy atom. The summed E-state index contributed by atoms with van der Waals surface area (Å²) in [5, 5.41) is 0. The number of anilines is 2. The Bertz CT molecular complexity index is 1320. The number of piperidine rings is 1. The SMILES string of the molecule is CCOC(=O)C1CC2(CCN(c3cc(O[C@H](c4cc(Br)ccc4Br)C(F)(F)F)nc(N)n3)CC2)CN1C(=O)OCC(C)C. The van der Waals surface area contributed by atoms with Gasteiger partial charge >= 0.3 is 18.2 Å². The number of halogens is 5. The van der Waals surface area contributed by atoms with Crippen molar-refractivity contribution in [2.45, 2.75) is 58.4 Å². The number of benzene rings is 1. The second-order valence-corrected chi connectivity index (χ2v) is 13.0. The fourth-order valence-corrected chi connectivity index (χ4v) is 6.22. The van der Waals surface area contributed by atoms with Gasteiger partial charge in [-0.1, -0.05) is 45.7 Å². The number of carbonyl (C=O) groups is 2. The number of nitrogen functional groups attached to an aromatic ring is 1. The number of amides is 1. The summed E-state index contributed by atoms with van der Waals surface area (Å²) in [6.07, 6.45) is -6.01. The summed E-state index contributed by atoms with van der Waals surface area (Å²) in [5.74, 6) is -0.560. The fourth-order valence-electron chi connectivity index (χ4n) is 5.39. The Kier molecular flexibility index (Phi) is 10.4. The molecule has 0 bridgehead atoms. The molecule has 3 heterocycles. The van der Waals surface area contributed by atoms with E-state index in [1.54, 1.807) is 13.0 Å². The molecule has 1 spiro atoms. The summed E-state index contributed by atoms with van der Waals surface area (Å²) in [5.41, 5.74) is 5.41. The van der Waals surface area contributed by atoms with E-state index in [0.29, 0.717) is 49.2 Å². The first kappa shape index (κ1) is 33.1. The predicted molar refractivity (Wildman–Crippen MR) is 160 cm³/mol. The van der Waals surface area contributed by atoms with Gasteiger partial charge in [-0.2, -0.15) is 23.1 Å². The van der Waals surface area contributed by atoms with Crippen LogP contribution in [0.2, 0.25) is 0 Å². The minimum atomic E-state index is -4.75. The van der Waals surface area contributed by atoms with Gasteiger partial charge in [-0.3, -0.25) is 4.90 Å². The average Bonchev–Trinajstić information content (AvgIpc) is 3.30. The van der Waals surface area contributed by atoms with Gasteiger partial charge < -0.3 is 24.8 Å². The van der Waals surface area contributed by atoms with Gasteiger partial charge in [-0.05, 0) is 55.7 Å². The standard InChI is InChI=1S/C28H34Br2F3N5O5/c1-4-41-24(39)20-13-27(15-38(20)26(40)42-14-16(2)3)7-9-37(10-8-27)21-12-22(36-25(34)35-21)43-23(28(31,32)33)18-11-17(29)5-6-19(18)30/h5-6,11-12,16,20,23H,4,7-10,13-15H2,1-3H3,(H2,34,35,36)/t20?,23-/m1/s1. The highest BCUT2D eigenvalue weighted by Crippen LogP contribution is 2.45. The van der Waals surface area contributed by atoms with Gasteiger partial charge in [0.25, 0.3) is 0 Å². The van der Waals surface area contributed by atoms with Crippen molar-refractivity contribution in [1.82, 2.24) is 14.9 Å². The molecule has 2 saturated heterocycles. The number of likely N-dealkylation sites (tertiary alicyclic amines) is 1. The topological polar surface area (TPSA) is 120 Å². The smallest absolute Gasteiger partial charge is 0.429 e. The molecule has 0 radical (unpaired) electrons. The van der Waals surface area contributed by atoms with Gasteiger partial charge in [0, 0.05) is 40.2 Å². The van der Waals surface area contributed by atoms with Crippen molar-refractivity contribution >= 4 is 55.7 Å². The third kappa shape index (κ3) is 8.02. The molecule has 4 rings (SSSR count). The molecule has 2 aliphatic rings. The fraction of sp³-hybridized carbons (Fsp3) is 0.571. The van der Waals surface area contributed by atoms with Crippen molar-refractivity contribution in [2.75, 3.05) is 43.5 Å². The van der Waals surface area contributed by atoms with Crippen molar-refractivity contribution in [3.8, 4) is 5.88 Å². The molecule has 43 heavy (non-hydrogen) atoms. The van der Waals surface area contributed by atoms with Crippen LogP contribution in [0.1, 0.15) is 51.7 Å². The molecule has 10 nitrogen and oxygen atoms in total. The number of ether oxygens (including phenoxy) is 3. The van der Waals surface area contributed by atoms with Crippen molar-refractivity contribution in [3.05, 3.63) is 38.8 Å². The normalized spacial score (nSPS) is 19.0. The number of carbonyl (C=O) groups excluding carboxylic acids is 2. The van der Waals surface area contributed by atoms with Crippen LogP contribution in [-0.2, 0) is 14.3 Å². The van der Waals surface area contributed by atoms with Crippen LogP contribution < -0.4 is 15.4 Å². The van der Waals surface area contributed by atoms with Crippen molar-refractivity contribution in [1.29, 1.82) is 0 Å². The minimum absolute atomic E-state index is 0.130. The van der Waals surface area contributed by atoms with Crippen LogP contribution in [-0.4, -0.2) is 72.0 Å². The first-order valence-electron chi connectivity index (χ1n) is 13.9. The van der Waals surface area contributed by atoms with E-state index in [4.69, 9.17) is 19.9 Å². The molecule has 1 aromatic heterocycles. The third-order valence-corrected chi connectivity index (χ3v) is 8.69. The zero-order valence-electron chi connectivity index (χ0n) is 24.0. The lowest BCUT2D eigenvalue weighted by Crippen LogP contribution is -2.44. The number of nitrogens with zero attached hydrogens (tertiary/aromatic N) is 4. The number of esters is 1. The summed E-state index contributed by atoms with van der Waals surface area (Å²) < 4.78 is 59.2. The summed E-state index contributed by atoms with van der Waals surface area (Å²) in [6.45, 7) is 7.24. The van der Waals surface area contributed by atoms with Crippen LogP contribution in [0.25, 0.3) is 0 Å². The van der Waals surface area contributed by atoms with Gasteiger partial charge in [0.15, 0.2) is 0 Å². The summed E-state index contributed by atoms with van der Waals surface area (Å²) in [6, 6.07) is 5.01. The Labute approximate surface area is 264 Å². The minimum Gasteiger partial charge on any atom is -0.464 e. The van der Waals surface area contributed by atoms with Gasteiger partial charge in [-0.25, -0.2) is 9.59 Å². The van der Waals surface area contributed by atoms with E-state index in [1.807, 2.05) is 18.7 Å². The molecule has 1 aromatic carbocycles. The average molecular weight is 737 g/mol. The predicted octanol–water partition coefficient (Wildman–Crippen LogP) is 6.28. The lowest BCUT2D eigenvalue weighted by Gasteiger charge is -2.39. The molecule has 2 aromatic rings. The molecule has 2 fully saturated rings. The van der Waals surface area contributed by atoms with E-state index >= 15 is 0 Å². The highest BCUT2D eigenvalue weighted by molar-refractivity contribution is 9.11. The summed E-state index contributed by atoms with van der Waals surface area (Å²) >= 11 is 6.39. The van der Waals surface area contributed by atoms with Crippen molar-refractivity contribution < 1.29 is 37.0 Å². The maximum absolute atomic E-state index is 14.1. The molecule has 1 unspecified atom stereocenters. The Hall–Kier alpha value is -2.81. The largest absolute Gasteiger partial charge is 0.464 e. The van der Waals surface area contributed by atoms with Crippen LogP contribution in [0.5, 0.6) is 5.88 Å². The maximum Gasteiger partial charge on any atom is 0.429 e. The van der Waals surface area contributed by atoms with E-state index in [2.05, 4.69) is 41.8 Å². The number of hydrogen-bond acceptors (Lipinski definition) is 9. The zero-order valence-corrected chi connectivity index (χ0v) is 27.2. The molecule has 2 N–H and O–H groups in total. The number of alkyl halides is 3. The van der Waals surface area contributed by atoms with E-state index < -0.39 is 30.4 Å². The molecule has 236 valence electrons. The van der Waals surface area contributed by atoms with Crippen LogP contribution in [0, 0.1) is 11.3 Å². The Morgan fingerprint density at radius 3 is 2.47 bits per heavy atom. The lowest BCUT2D eigenvalue weighted by atomic mass is 9.76. The van der Waals surface area contributed by atoms with Crippen LogP contribution in [0.4, 0.5) is 29.7 Å². The first-order valence-corrected chi connectivity index (χ1v) is 15.5. The molecule has 0 aliphatic carbocycles.